The highest BCUT2D eigenvalue weighted by atomic mass is 14.0. The maximum absolute atomic E-state index is 3.77. The van der Waals surface area contributed by atoms with E-state index in [1.165, 1.54) is 27.7 Å². The topological polar surface area (TPSA) is 0 Å². The average molecular weight is 258 g/mol. The van der Waals surface area contributed by atoms with Gasteiger partial charge in [-0.15, -0.1) is 0 Å². The molecular formula is C19H19B. The Bertz CT molecular complexity index is 628. The third-order valence-corrected chi connectivity index (χ3v) is 3.25. The number of benzene rings is 2. The first-order valence-corrected chi connectivity index (χ1v) is 6.87. The first kappa shape index (κ1) is 14.1. The van der Waals surface area contributed by atoms with Gasteiger partial charge in [0, 0.05) is 0 Å². The van der Waals surface area contributed by atoms with E-state index in [4.69, 9.17) is 0 Å². The fourth-order valence-corrected chi connectivity index (χ4v) is 2.16. The van der Waals surface area contributed by atoms with Crippen LogP contribution in [0, 0.1) is 0 Å². The summed E-state index contributed by atoms with van der Waals surface area (Å²) in [5, 5.41) is 0. The van der Waals surface area contributed by atoms with Crippen LogP contribution in [0.25, 0.3) is 16.7 Å². The van der Waals surface area contributed by atoms with Crippen LogP contribution >= 0.6 is 0 Å². The smallest absolute Gasteiger partial charge is 0.0990 e. The van der Waals surface area contributed by atoms with Gasteiger partial charge < -0.3 is 0 Å². The lowest BCUT2D eigenvalue weighted by Crippen LogP contribution is -1.99. The van der Waals surface area contributed by atoms with Gasteiger partial charge in [0.05, 0.1) is 0 Å². The summed E-state index contributed by atoms with van der Waals surface area (Å²) in [5.74, 6) is 0. The first-order valence-electron chi connectivity index (χ1n) is 6.87. The summed E-state index contributed by atoms with van der Waals surface area (Å²) in [5.41, 5.74) is 6.17. The molecule has 0 aliphatic heterocycles. The van der Waals surface area contributed by atoms with Gasteiger partial charge in [-0.2, -0.15) is 0 Å². The molecule has 0 radical (unpaired) electrons. The molecule has 0 amide bonds. The highest BCUT2D eigenvalue weighted by molar-refractivity contribution is 6.32. The van der Waals surface area contributed by atoms with E-state index in [2.05, 4.69) is 69.0 Å². The molecule has 98 valence electrons. The molecule has 0 heterocycles. The van der Waals surface area contributed by atoms with Crippen molar-refractivity contribution in [1.29, 1.82) is 0 Å². The Morgan fingerprint density at radius 3 is 2.00 bits per heavy atom. The summed E-state index contributed by atoms with van der Waals surface area (Å²) >= 11 is 0. The summed E-state index contributed by atoms with van der Waals surface area (Å²) in [6, 6.07) is 17.3. The van der Waals surface area contributed by atoms with Gasteiger partial charge in [-0.05, 0) is 29.2 Å². The second-order valence-electron chi connectivity index (χ2n) is 4.80. The van der Waals surface area contributed by atoms with Crippen molar-refractivity contribution < 1.29 is 0 Å². The van der Waals surface area contributed by atoms with Crippen LogP contribution in [0.15, 0.2) is 79.4 Å². The van der Waals surface area contributed by atoms with E-state index in [9.17, 15) is 0 Å². The van der Waals surface area contributed by atoms with Crippen molar-refractivity contribution >= 4 is 18.9 Å². The number of hydrogen-bond donors (Lipinski definition) is 0. The van der Waals surface area contributed by atoms with Gasteiger partial charge in [0.1, 0.15) is 7.85 Å². The summed E-state index contributed by atoms with van der Waals surface area (Å²) in [7, 11) is 2.11. The molecule has 2 aromatic carbocycles. The van der Waals surface area contributed by atoms with Gasteiger partial charge in [0.25, 0.3) is 0 Å². The maximum Gasteiger partial charge on any atom is 0.139 e. The standard InChI is InChI=1S/C19H19B/c1-3-5-15(6-4-2)16-7-9-17(10-8-16)18-11-13-19(20)14-12-18/h3-14H,1,20H2,2H3/b6-4-,15-5+. The molecule has 20 heavy (non-hydrogen) atoms. The highest BCUT2D eigenvalue weighted by Crippen LogP contribution is 2.22. The van der Waals surface area contributed by atoms with E-state index in [-0.39, 0.29) is 0 Å². The van der Waals surface area contributed by atoms with Gasteiger partial charge in [-0.3, -0.25) is 0 Å². The Morgan fingerprint density at radius 2 is 1.50 bits per heavy atom. The van der Waals surface area contributed by atoms with Crippen molar-refractivity contribution in [3.8, 4) is 11.1 Å². The summed E-state index contributed by atoms with van der Waals surface area (Å²) < 4.78 is 0. The zero-order chi connectivity index (χ0) is 14.4. The van der Waals surface area contributed by atoms with Crippen LogP contribution in [0.2, 0.25) is 0 Å². The third kappa shape index (κ3) is 3.39. The molecular weight excluding hydrogens is 239 g/mol. The van der Waals surface area contributed by atoms with E-state index in [1.54, 1.807) is 0 Å². The zero-order valence-electron chi connectivity index (χ0n) is 12.1. The maximum atomic E-state index is 3.77. The van der Waals surface area contributed by atoms with Crippen LogP contribution in [-0.2, 0) is 0 Å². The largest absolute Gasteiger partial charge is 0.139 e. The fourth-order valence-electron chi connectivity index (χ4n) is 2.16. The van der Waals surface area contributed by atoms with Crippen molar-refractivity contribution in [2.24, 2.45) is 0 Å². The predicted octanol–water partition coefficient (Wildman–Crippen LogP) is 3.76. The van der Waals surface area contributed by atoms with Crippen molar-refractivity contribution in [3.63, 3.8) is 0 Å². The van der Waals surface area contributed by atoms with Gasteiger partial charge in [0.15, 0.2) is 0 Å². The fraction of sp³-hybridized carbons (Fsp3) is 0.0526. The molecule has 1 heteroatoms. The van der Waals surface area contributed by atoms with Crippen molar-refractivity contribution in [2.75, 3.05) is 0 Å². The Kier molecular flexibility index (Phi) is 4.78. The van der Waals surface area contributed by atoms with Crippen molar-refractivity contribution in [2.45, 2.75) is 6.92 Å². The minimum Gasteiger partial charge on any atom is -0.0990 e. The lowest BCUT2D eigenvalue weighted by Gasteiger charge is -2.06. The van der Waals surface area contributed by atoms with E-state index in [1.807, 2.05) is 25.2 Å². The van der Waals surface area contributed by atoms with Crippen LogP contribution in [0.3, 0.4) is 0 Å². The number of rotatable bonds is 4. The molecule has 0 aliphatic rings. The molecule has 0 saturated heterocycles. The van der Waals surface area contributed by atoms with Crippen LogP contribution in [0.4, 0.5) is 0 Å². The molecule has 0 spiro atoms. The normalized spacial score (nSPS) is 11.8. The van der Waals surface area contributed by atoms with Crippen LogP contribution in [0.5, 0.6) is 0 Å². The van der Waals surface area contributed by atoms with E-state index in [0.29, 0.717) is 0 Å². The number of hydrogen-bond acceptors (Lipinski definition) is 0. The van der Waals surface area contributed by atoms with Crippen LogP contribution in [0.1, 0.15) is 12.5 Å². The molecule has 0 saturated carbocycles. The van der Waals surface area contributed by atoms with E-state index in [0.717, 1.165) is 0 Å². The van der Waals surface area contributed by atoms with Gasteiger partial charge in [0.2, 0.25) is 0 Å². The van der Waals surface area contributed by atoms with Gasteiger partial charge in [-0.1, -0.05) is 84.9 Å². The van der Waals surface area contributed by atoms with E-state index >= 15 is 0 Å². The van der Waals surface area contributed by atoms with Crippen LogP contribution < -0.4 is 5.46 Å². The molecule has 2 aromatic rings. The first-order chi connectivity index (χ1) is 9.74. The number of allylic oxidation sites excluding steroid dienone is 5. The second-order valence-corrected chi connectivity index (χ2v) is 4.80. The SMILES string of the molecule is Bc1ccc(-c2ccc(C(/C=C\C)=C/C=C)cc2)cc1. The molecule has 2 rings (SSSR count). The van der Waals surface area contributed by atoms with Crippen molar-refractivity contribution in [1.82, 2.24) is 0 Å². The predicted molar refractivity (Wildman–Crippen MR) is 93.0 cm³/mol. The Balaban J connectivity index is 2.32. The Labute approximate surface area is 122 Å². The molecule has 0 nitrogen and oxygen atoms in total. The highest BCUT2D eigenvalue weighted by Gasteiger charge is 2.00. The molecule has 0 aliphatic carbocycles. The Morgan fingerprint density at radius 1 is 0.950 bits per heavy atom. The third-order valence-electron chi connectivity index (χ3n) is 3.25. The van der Waals surface area contributed by atoms with E-state index < -0.39 is 0 Å². The summed E-state index contributed by atoms with van der Waals surface area (Å²) in [6.07, 6.45) is 8.00. The molecule has 0 aromatic heterocycles. The molecule has 0 fully saturated rings. The monoisotopic (exact) mass is 258 g/mol. The molecule has 0 unspecified atom stereocenters. The average Bonchev–Trinajstić information content (AvgIpc) is 2.48. The summed E-state index contributed by atoms with van der Waals surface area (Å²) in [6.45, 7) is 5.80. The minimum atomic E-state index is 1.18. The Hall–Kier alpha value is -2.28. The molecule has 0 bridgehead atoms. The lowest BCUT2D eigenvalue weighted by atomic mass is 9.93. The van der Waals surface area contributed by atoms with Crippen LogP contribution in [-0.4, -0.2) is 7.85 Å². The zero-order valence-corrected chi connectivity index (χ0v) is 12.1. The quantitative estimate of drug-likeness (QED) is 0.578. The lowest BCUT2D eigenvalue weighted by molar-refractivity contribution is 1.58. The molecule has 0 N–H and O–H groups in total. The minimum absolute atomic E-state index is 1.18. The second kappa shape index (κ2) is 6.77. The summed E-state index contributed by atoms with van der Waals surface area (Å²) in [4.78, 5) is 0. The van der Waals surface area contributed by atoms with Crippen molar-refractivity contribution in [3.05, 3.63) is 85.0 Å². The van der Waals surface area contributed by atoms with Gasteiger partial charge >= 0.3 is 0 Å². The van der Waals surface area contributed by atoms with Gasteiger partial charge in [-0.25, -0.2) is 0 Å². The molecule has 0 atom stereocenters.